The van der Waals surface area contributed by atoms with E-state index in [2.05, 4.69) is 4.98 Å². The van der Waals surface area contributed by atoms with E-state index in [0.29, 0.717) is 6.42 Å². The predicted molar refractivity (Wildman–Crippen MR) is 72.4 cm³/mol. The first-order valence-electron chi connectivity index (χ1n) is 5.70. The molecule has 0 saturated heterocycles. The largest absolute Gasteiger partial charge is 0.478 e. The van der Waals surface area contributed by atoms with E-state index in [0.717, 1.165) is 16.7 Å². The molecule has 4 nitrogen and oxygen atoms in total. The van der Waals surface area contributed by atoms with Crippen molar-refractivity contribution in [3.8, 4) is 11.1 Å². The van der Waals surface area contributed by atoms with Crippen LogP contribution in [0, 0.1) is 0 Å². The lowest BCUT2D eigenvalue weighted by Crippen LogP contribution is -1.97. The van der Waals surface area contributed by atoms with Gasteiger partial charge in [0.1, 0.15) is 0 Å². The Morgan fingerprint density at radius 3 is 2.63 bits per heavy atom. The third kappa shape index (κ3) is 3.10. The highest BCUT2D eigenvalue weighted by Gasteiger charge is 2.10. The first kappa shape index (κ1) is 13.5. The minimum absolute atomic E-state index is 0.0594. The Kier molecular flexibility index (Phi) is 4.14. The number of hydrogen-bond donors (Lipinski definition) is 2. The van der Waals surface area contributed by atoms with Crippen molar-refractivity contribution >= 4 is 17.6 Å². The molecule has 0 radical (unpaired) electrons. The van der Waals surface area contributed by atoms with Crippen molar-refractivity contribution in [1.29, 1.82) is 0 Å². The van der Waals surface area contributed by atoms with Crippen LogP contribution in [-0.2, 0) is 6.42 Å². The molecule has 0 aliphatic carbocycles. The standard InChI is InChI=1S/C14H12ClNO3/c15-13-6-10(1-2-12(13)14(18)19)11-5-9(3-4-17)7-16-8-11/h1-2,5-8,17H,3-4H2,(H,18,19). The molecule has 1 aromatic carbocycles. The summed E-state index contributed by atoms with van der Waals surface area (Å²) in [5.74, 6) is -1.05. The minimum atomic E-state index is -1.05. The molecular weight excluding hydrogens is 266 g/mol. The van der Waals surface area contributed by atoms with E-state index in [1.165, 1.54) is 6.07 Å². The molecule has 1 heterocycles. The van der Waals surface area contributed by atoms with Gasteiger partial charge in [-0.15, -0.1) is 0 Å². The summed E-state index contributed by atoms with van der Waals surface area (Å²) in [4.78, 5) is 15.0. The number of hydrogen-bond acceptors (Lipinski definition) is 3. The van der Waals surface area contributed by atoms with Gasteiger partial charge in [-0.2, -0.15) is 0 Å². The van der Waals surface area contributed by atoms with Crippen LogP contribution in [0.4, 0.5) is 0 Å². The van der Waals surface area contributed by atoms with Gasteiger partial charge in [-0.25, -0.2) is 4.79 Å². The smallest absolute Gasteiger partial charge is 0.337 e. The number of aromatic nitrogens is 1. The van der Waals surface area contributed by atoms with E-state index >= 15 is 0 Å². The summed E-state index contributed by atoms with van der Waals surface area (Å²) < 4.78 is 0. The molecule has 0 amide bonds. The molecule has 2 rings (SSSR count). The predicted octanol–water partition coefficient (Wildman–Crippen LogP) is 2.64. The topological polar surface area (TPSA) is 70.4 Å². The quantitative estimate of drug-likeness (QED) is 0.901. The van der Waals surface area contributed by atoms with Gasteiger partial charge in [0.2, 0.25) is 0 Å². The molecule has 0 aliphatic heterocycles. The number of carboxylic acid groups (broad SMARTS) is 1. The van der Waals surface area contributed by atoms with E-state index in [9.17, 15) is 4.79 Å². The summed E-state index contributed by atoms with van der Waals surface area (Å²) in [6, 6.07) is 6.66. The summed E-state index contributed by atoms with van der Waals surface area (Å²) in [6.07, 6.45) is 3.89. The number of carbonyl (C=O) groups is 1. The fourth-order valence-corrected chi connectivity index (χ4v) is 2.04. The zero-order chi connectivity index (χ0) is 13.8. The first-order chi connectivity index (χ1) is 9.11. The Morgan fingerprint density at radius 2 is 2.00 bits per heavy atom. The summed E-state index contributed by atoms with van der Waals surface area (Å²) in [5, 5.41) is 18.0. The van der Waals surface area contributed by atoms with E-state index < -0.39 is 5.97 Å². The average Bonchev–Trinajstić information content (AvgIpc) is 2.39. The van der Waals surface area contributed by atoms with Gasteiger partial charge < -0.3 is 10.2 Å². The molecule has 2 aromatic rings. The maximum Gasteiger partial charge on any atom is 0.337 e. The number of halogens is 1. The Balaban J connectivity index is 2.39. The van der Waals surface area contributed by atoms with Gasteiger partial charge in [0.15, 0.2) is 0 Å². The van der Waals surface area contributed by atoms with Crippen LogP contribution in [0.1, 0.15) is 15.9 Å². The van der Waals surface area contributed by atoms with Crippen LogP contribution in [0.3, 0.4) is 0 Å². The van der Waals surface area contributed by atoms with Gasteiger partial charge in [0.05, 0.1) is 10.6 Å². The molecule has 0 bridgehead atoms. The van der Waals surface area contributed by atoms with Gasteiger partial charge in [0, 0.05) is 24.6 Å². The fourth-order valence-electron chi connectivity index (χ4n) is 1.78. The summed E-state index contributed by atoms with van der Waals surface area (Å²) in [5.41, 5.74) is 2.62. The van der Waals surface area contributed by atoms with Gasteiger partial charge in [-0.1, -0.05) is 17.7 Å². The number of rotatable bonds is 4. The van der Waals surface area contributed by atoms with Gasteiger partial charge in [-0.05, 0) is 35.7 Å². The van der Waals surface area contributed by atoms with Gasteiger partial charge in [-0.3, -0.25) is 4.98 Å². The van der Waals surface area contributed by atoms with Crippen molar-refractivity contribution in [3.05, 3.63) is 52.8 Å². The normalized spacial score (nSPS) is 10.4. The average molecular weight is 278 g/mol. The molecule has 1 aromatic heterocycles. The molecule has 19 heavy (non-hydrogen) atoms. The molecule has 0 atom stereocenters. The zero-order valence-corrected chi connectivity index (χ0v) is 10.8. The highest BCUT2D eigenvalue weighted by atomic mass is 35.5. The van der Waals surface area contributed by atoms with Crippen molar-refractivity contribution in [1.82, 2.24) is 4.98 Å². The zero-order valence-electron chi connectivity index (χ0n) is 10.0. The molecule has 0 spiro atoms. The molecule has 0 saturated carbocycles. The molecule has 2 N–H and O–H groups in total. The van der Waals surface area contributed by atoms with Crippen LogP contribution in [-0.4, -0.2) is 27.8 Å². The lowest BCUT2D eigenvalue weighted by molar-refractivity contribution is 0.0697. The number of aliphatic hydroxyl groups is 1. The maximum atomic E-state index is 10.9. The second-order valence-electron chi connectivity index (χ2n) is 4.06. The van der Waals surface area contributed by atoms with E-state index in [1.807, 2.05) is 6.07 Å². The lowest BCUT2D eigenvalue weighted by Gasteiger charge is -2.06. The first-order valence-corrected chi connectivity index (χ1v) is 6.07. The van der Waals surface area contributed by atoms with E-state index in [4.69, 9.17) is 21.8 Å². The number of carboxylic acids is 1. The second-order valence-corrected chi connectivity index (χ2v) is 4.46. The van der Waals surface area contributed by atoms with Crippen LogP contribution >= 0.6 is 11.6 Å². The van der Waals surface area contributed by atoms with Crippen LogP contribution in [0.25, 0.3) is 11.1 Å². The number of aromatic carboxylic acids is 1. The highest BCUT2D eigenvalue weighted by Crippen LogP contribution is 2.25. The molecule has 98 valence electrons. The molecular formula is C14H12ClNO3. The number of pyridine rings is 1. The van der Waals surface area contributed by atoms with Crippen molar-refractivity contribution < 1.29 is 15.0 Å². The fraction of sp³-hybridized carbons (Fsp3) is 0.143. The maximum absolute atomic E-state index is 10.9. The van der Waals surface area contributed by atoms with E-state index in [1.54, 1.807) is 24.5 Å². The Hall–Kier alpha value is -1.91. The van der Waals surface area contributed by atoms with Gasteiger partial charge in [0.25, 0.3) is 0 Å². The highest BCUT2D eigenvalue weighted by molar-refractivity contribution is 6.33. The third-order valence-electron chi connectivity index (χ3n) is 2.73. The van der Waals surface area contributed by atoms with Crippen LogP contribution < -0.4 is 0 Å². The van der Waals surface area contributed by atoms with Crippen LogP contribution in [0.2, 0.25) is 5.02 Å². The second kappa shape index (κ2) is 5.82. The lowest BCUT2D eigenvalue weighted by atomic mass is 10.0. The Morgan fingerprint density at radius 1 is 1.21 bits per heavy atom. The van der Waals surface area contributed by atoms with Crippen molar-refractivity contribution in [2.45, 2.75) is 6.42 Å². The van der Waals surface area contributed by atoms with Crippen molar-refractivity contribution in [2.75, 3.05) is 6.61 Å². The Labute approximate surface area is 115 Å². The van der Waals surface area contributed by atoms with Crippen molar-refractivity contribution in [3.63, 3.8) is 0 Å². The third-order valence-corrected chi connectivity index (χ3v) is 3.04. The Bertz CT molecular complexity index is 613. The molecule has 0 unspecified atom stereocenters. The monoisotopic (exact) mass is 277 g/mol. The number of aliphatic hydroxyl groups excluding tert-OH is 1. The van der Waals surface area contributed by atoms with Gasteiger partial charge >= 0.3 is 5.97 Å². The molecule has 0 fully saturated rings. The van der Waals surface area contributed by atoms with Crippen LogP contribution in [0.15, 0.2) is 36.7 Å². The number of benzene rings is 1. The van der Waals surface area contributed by atoms with E-state index in [-0.39, 0.29) is 17.2 Å². The van der Waals surface area contributed by atoms with Crippen LogP contribution in [0.5, 0.6) is 0 Å². The SMILES string of the molecule is O=C(O)c1ccc(-c2cncc(CCO)c2)cc1Cl. The summed E-state index contributed by atoms with van der Waals surface area (Å²) in [7, 11) is 0. The molecule has 0 aliphatic rings. The summed E-state index contributed by atoms with van der Waals surface area (Å²) >= 11 is 5.93. The minimum Gasteiger partial charge on any atom is -0.478 e. The number of nitrogens with zero attached hydrogens (tertiary/aromatic N) is 1. The molecule has 5 heteroatoms. The van der Waals surface area contributed by atoms with Crippen molar-refractivity contribution in [2.24, 2.45) is 0 Å². The summed E-state index contributed by atoms with van der Waals surface area (Å²) in [6.45, 7) is 0.0594.